The van der Waals surface area contributed by atoms with Gasteiger partial charge in [0.1, 0.15) is 5.82 Å². The Kier molecular flexibility index (Phi) is 6.85. The summed E-state index contributed by atoms with van der Waals surface area (Å²) < 4.78 is 0. The smallest absolute Gasteiger partial charge is 0.252 e. The van der Waals surface area contributed by atoms with E-state index in [0.717, 1.165) is 6.42 Å². The average molecular weight is 368 g/mol. The first kappa shape index (κ1) is 18.5. The number of hydrogen-bond donors (Lipinski definition) is 3. The number of halogens is 2. The highest BCUT2D eigenvalue weighted by molar-refractivity contribution is 6.34. The monoisotopic (exact) mass is 367 g/mol. The molecule has 24 heavy (non-hydrogen) atoms. The molecule has 1 amide bonds. The van der Waals surface area contributed by atoms with Gasteiger partial charge in [-0.1, -0.05) is 30.1 Å². The first-order valence-electron chi connectivity index (χ1n) is 7.61. The summed E-state index contributed by atoms with van der Waals surface area (Å²) in [4.78, 5) is 16.0. The Morgan fingerprint density at radius 3 is 2.54 bits per heavy atom. The third-order valence-corrected chi connectivity index (χ3v) is 3.74. The van der Waals surface area contributed by atoms with E-state index in [2.05, 4.69) is 15.6 Å². The number of aliphatic hydroxyl groups is 1. The highest BCUT2D eigenvalue weighted by atomic mass is 35.5. The van der Waals surface area contributed by atoms with Gasteiger partial charge in [-0.2, -0.15) is 0 Å². The molecule has 2 aromatic rings. The van der Waals surface area contributed by atoms with Gasteiger partial charge in [-0.25, -0.2) is 4.98 Å². The van der Waals surface area contributed by atoms with E-state index in [9.17, 15) is 9.90 Å². The summed E-state index contributed by atoms with van der Waals surface area (Å²) >= 11 is 11.9. The second kappa shape index (κ2) is 8.87. The lowest BCUT2D eigenvalue weighted by atomic mass is 10.1. The maximum absolute atomic E-state index is 11.8. The van der Waals surface area contributed by atoms with Crippen LogP contribution in [0.5, 0.6) is 0 Å². The van der Waals surface area contributed by atoms with Crippen molar-refractivity contribution in [2.45, 2.75) is 19.4 Å². The van der Waals surface area contributed by atoms with E-state index in [1.54, 1.807) is 30.3 Å². The van der Waals surface area contributed by atoms with E-state index in [1.165, 1.54) is 6.20 Å². The summed E-state index contributed by atoms with van der Waals surface area (Å²) in [5.74, 6) is 0.415. The maximum Gasteiger partial charge on any atom is 0.252 e. The molecule has 0 aliphatic heterocycles. The van der Waals surface area contributed by atoms with Crippen molar-refractivity contribution in [1.82, 2.24) is 10.3 Å². The number of pyridine rings is 1. The van der Waals surface area contributed by atoms with Gasteiger partial charge < -0.3 is 15.7 Å². The number of hydrogen-bond acceptors (Lipinski definition) is 4. The fourth-order valence-corrected chi connectivity index (χ4v) is 2.60. The van der Waals surface area contributed by atoms with Crippen LogP contribution >= 0.6 is 23.2 Å². The first-order chi connectivity index (χ1) is 11.5. The number of amides is 1. The molecule has 0 spiro atoms. The van der Waals surface area contributed by atoms with Gasteiger partial charge >= 0.3 is 0 Å². The number of carbonyl (C=O) groups excluding carboxylic acids is 1. The lowest BCUT2D eigenvalue weighted by Crippen LogP contribution is -2.24. The molecule has 1 aromatic carbocycles. The summed E-state index contributed by atoms with van der Waals surface area (Å²) in [5, 5.41) is 16.9. The largest absolute Gasteiger partial charge is 0.387 e. The summed E-state index contributed by atoms with van der Waals surface area (Å²) in [5.41, 5.74) is 1.12. The lowest BCUT2D eigenvalue weighted by Gasteiger charge is -2.13. The molecule has 0 aliphatic rings. The molecule has 1 unspecified atom stereocenters. The van der Waals surface area contributed by atoms with Crippen LogP contribution in [0.2, 0.25) is 10.0 Å². The average Bonchev–Trinajstić information content (AvgIpc) is 2.57. The Morgan fingerprint density at radius 1 is 1.25 bits per heavy atom. The van der Waals surface area contributed by atoms with E-state index in [-0.39, 0.29) is 12.5 Å². The molecule has 0 bridgehead atoms. The summed E-state index contributed by atoms with van der Waals surface area (Å²) in [6, 6.07) is 8.31. The first-order valence-corrected chi connectivity index (χ1v) is 8.37. The Hall–Kier alpha value is -1.82. The Labute approximate surface area is 151 Å². The minimum Gasteiger partial charge on any atom is -0.387 e. The fraction of sp³-hybridized carbons (Fsp3) is 0.294. The molecule has 0 radical (unpaired) electrons. The molecule has 0 fully saturated rings. The third kappa shape index (κ3) is 5.37. The van der Waals surface area contributed by atoms with Crippen LogP contribution in [0.15, 0.2) is 36.5 Å². The van der Waals surface area contributed by atoms with E-state index in [1.807, 2.05) is 6.92 Å². The highest BCUT2D eigenvalue weighted by Crippen LogP contribution is 2.23. The molecule has 7 heteroatoms. The number of aliphatic hydroxyl groups excluding tert-OH is 1. The number of rotatable bonds is 7. The molecule has 0 saturated heterocycles. The molecule has 5 nitrogen and oxygen atoms in total. The number of nitrogens with zero attached hydrogens (tertiary/aromatic N) is 1. The van der Waals surface area contributed by atoms with Crippen molar-refractivity contribution in [2.24, 2.45) is 0 Å². The Morgan fingerprint density at radius 2 is 1.96 bits per heavy atom. The molecular formula is C17H19Cl2N3O2. The van der Waals surface area contributed by atoms with Crippen LogP contribution in [0.4, 0.5) is 5.82 Å². The van der Waals surface area contributed by atoms with Crippen LogP contribution in [-0.4, -0.2) is 29.1 Å². The second-order valence-electron chi connectivity index (χ2n) is 5.29. The summed E-state index contributed by atoms with van der Waals surface area (Å²) in [7, 11) is 0. The zero-order chi connectivity index (χ0) is 17.5. The number of nitrogens with one attached hydrogen (secondary N) is 2. The van der Waals surface area contributed by atoms with Crippen molar-refractivity contribution < 1.29 is 9.90 Å². The molecule has 1 heterocycles. The van der Waals surface area contributed by atoms with Crippen molar-refractivity contribution in [2.75, 3.05) is 18.4 Å². The molecule has 2 rings (SSSR count). The Bertz CT molecular complexity index is 672. The fourth-order valence-electron chi connectivity index (χ4n) is 2.06. The number of carbonyl (C=O) groups is 1. The van der Waals surface area contributed by atoms with Crippen LogP contribution in [0.3, 0.4) is 0 Å². The minimum atomic E-state index is -0.782. The Balaban J connectivity index is 1.93. The zero-order valence-electron chi connectivity index (χ0n) is 13.2. The van der Waals surface area contributed by atoms with Gasteiger partial charge in [0.05, 0.1) is 11.7 Å². The van der Waals surface area contributed by atoms with E-state index in [4.69, 9.17) is 23.2 Å². The van der Waals surface area contributed by atoms with Crippen LogP contribution in [0.25, 0.3) is 0 Å². The van der Waals surface area contributed by atoms with Crippen molar-refractivity contribution >= 4 is 34.9 Å². The molecular weight excluding hydrogens is 349 g/mol. The van der Waals surface area contributed by atoms with Crippen molar-refractivity contribution in [3.8, 4) is 0 Å². The second-order valence-corrected chi connectivity index (χ2v) is 6.16. The number of benzene rings is 1. The van der Waals surface area contributed by atoms with Crippen molar-refractivity contribution in [3.63, 3.8) is 0 Å². The predicted octanol–water partition coefficient (Wildman–Crippen LogP) is 3.67. The maximum atomic E-state index is 11.8. The predicted molar refractivity (Wildman–Crippen MR) is 96.8 cm³/mol. The van der Waals surface area contributed by atoms with Gasteiger partial charge in [-0.05, 0) is 42.3 Å². The molecule has 0 saturated carbocycles. The number of aromatic nitrogens is 1. The van der Waals surface area contributed by atoms with Crippen molar-refractivity contribution in [1.29, 1.82) is 0 Å². The van der Waals surface area contributed by atoms with E-state index in [0.29, 0.717) is 33.5 Å². The van der Waals surface area contributed by atoms with Gasteiger partial charge in [0.2, 0.25) is 0 Å². The topological polar surface area (TPSA) is 74.2 Å². The highest BCUT2D eigenvalue weighted by Gasteiger charge is 2.10. The van der Waals surface area contributed by atoms with Gasteiger partial charge in [-0.15, -0.1) is 0 Å². The summed E-state index contributed by atoms with van der Waals surface area (Å²) in [6.07, 6.45) is 1.59. The zero-order valence-corrected chi connectivity index (χ0v) is 14.7. The minimum absolute atomic E-state index is 0.149. The van der Waals surface area contributed by atoms with Crippen LogP contribution in [-0.2, 0) is 0 Å². The van der Waals surface area contributed by atoms with Crippen LogP contribution in [0, 0.1) is 0 Å². The van der Waals surface area contributed by atoms with Crippen LogP contribution < -0.4 is 10.6 Å². The molecule has 1 atom stereocenters. The molecule has 128 valence electrons. The standard InChI is InChI=1S/C17H19Cl2N3O2/c1-2-5-20-17(24)11-3-4-16(21-9-11)22-10-15(23)12-6-13(18)8-14(19)7-12/h3-4,6-9,15,23H,2,5,10H2,1H3,(H,20,24)(H,21,22). The van der Waals surface area contributed by atoms with Crippen molar-refractivity contribution in [3.05, 3.63) is 57.7 Å². The molecule has 1 aromatic heterocycles. The third-order valence-electron chi connectivity index (χ3n) is 3.31. The van der Waals surface area contributed by atoms with Gasteiger partial charge in [-0.3, -0.25) is 4.79 Å². The van der Waals surface area contributed by atoms with E-state index < -0.39 is 6.10 Å². The van der Waals surface area contributed by atoms with Crippen LogP contribution in [0.1, 0.15) is 35.4 Å². The van der Waals surface area contributed by atoms with Gasteiger partial charge in [0, 0.05) is 29.3 Å². The number of anilines is 1. The lowest BCUT2D eigenvalue weighted by molar-refractivity contribution is 0.0953. The SMILES string of the molecule is CCCNC(=O)c1ccc(NCC(O)c2cc(Cl)cc(Cl)c2)nc1. The quantitative estimate of drug-likeness (QED) is 0.697. The molecule has 0 aliphatic carbocycles. The van der Waals surface area contributed by atoms with Gasteiger partial charge in [0.15, 0.2) is 0 Å². The normalized spacial score (nSPS) is 11.8. The van der Waals surface area contributed by atoms with Gasteiger partial charge in [0.25, 0.3) is 5.91 Å². The summed E-state index contributed by atoms with van der Waals surface area (Å²) in [6.45, 7) is 2.86. The van der Waals surface area contributed by atoms with E-state index >= 15 is 0 Å². The molecule has 3 N–H and O–H groups in total.